The van der Waals surface area contributed by atoms with Crippen LogP contribution in [0.2, 0.25) is 0 Å². The lowest BCUT2D eigenvalue weighted by molar-refractivity contribution is -0.141. The number of nitrogens with two attached hydrogens (primary N) is 1. The molecule has 0 aliphatic rings. The Balaban J connectivity index is 2.03. The van der Waals surface area contributed by atoms with Crippen LogP contribution in [-0.4, -0.2) is 11.5 Å². The molecule has 0 unspecified atom stereocenters. The Morgan fingerprint density at radius 2 is 2.16 bits per heavy atom. The lowest BCUT2D eigenvalue weighted by Gasteiger charge is -2.11. The number of aromatic nitrogens is 1. The normalized spacial score (nSPS) is 11.5. The molecule has 2 aromatic heterocycles. The molecule has 0 saturated heterocycles. The van der Waals surface area contributed by atoms with Gasteiger partial charge in [0.2, 0.25) is 0 Å². The van der Waals surface area contributed by atoms with Crippen LogP contribution in [0.3, 0.4) is 0 Å². The van der Waals surface area contributed by atoms with E-state index in [1.54, 1.807) is 12.1 Å². The zero-order chi connectivity index (χ0) is 13.9. The van der Waals surface area contributed by atoms with E-state index in [9.17, 15) is 13.2 Å². The third-order valence-corrected chi connectivity index (χ3v) is 2.49. The Morgan fingerprint density at radius 3 is 2.79 bits per heavy atom. The van der Waals surface area contributed by atoms with Gasteiger partial charge in [0.25, 0.3) is 0 Å². The van der Waals surface area contributed by atoms with Crippen molar-refractivity contribution in [2.24, 2.45) is 0 Å². The van der Waals surface area contributed by atoms with E-state index in [4.69, 9.17) is 10.2 Å². The maximum atomic E-state index is 12.5. The molecule has 3 N–H and O–H groups in total. The first-order valence-electron chi connectivity index (χ1n) is 5.56. The first-order chi connectivity index (χ1) is 8.97. The number of nitrogens with one attached hydrogen (secondary N) is 1. The minimum Gasteiger partial charge on any atom is -0.469 e. The van der Waals surface area contributed by atoms with Gasteiger partial charge >= 0.3 is 6.18 Å². The molecule has 0 amide bonds. The molecule has 2 rings (SSSR count). The van der Waals surface area contributed by atoms with Gasteiger partial charge in [0.1, 0.15) is 11.5 Å². The molecular formula is C12H12F3N3O. The summed E-state index contributed by atoms with van der Waals surface area (Å²) in [4.78, 5) is 3.26. The van der Waals surface area contributed by atoms with Crippen molar-refractivity contribution in [2.75, 3.05) is 17.6 Å². The largest absolute Gasteiger partial charge is 0.469 e. The minimum atomic E-state index is -4.48. The van der Waals surface area contributed by atoms with E-state index in [1.807, 2.05) is 0 Å². The zero-order valence-corrected chi connectivity index (χ0v) is 9.87. The summed E-state index contributed by atoms with van der Waals surface area (Å²) in [5.74, 6) is 0.746. The molecule has 7 heteroatoms. The number of nitrogens with zero attached hydrogens (tertiary/aromatic N) is 1. The predicted octanol–water partition coefficient (Wildman–Crippen LogP) is 2.93. The Labute approximate surface area is 107 Å². The van der Waals surface area contributed by atoms with Crippen LogP contribution in [0.5, 0.6) is 0 Å². The van der Waals surface area contributed by atoms with E-state index < -0.39 is 11.9 Å². The number of furan rings is 1. The van der Waals surface area contributed by atoms with Crippen LogP contribution >= 0.6 is 0 Å². The monoisotopic (exact) mass is 271 g/mol. The van der Waals surface area contributed by atoms with Crippen LogP contribution in [0.15, 0.2) is 35.1 Å². The van der Waals surface area contributed by atoms with Gasteiger partial charge in [0.05, 0.1) is 23.8 Å². The zero-order valence-electron chi connectivity index (χ0n) is 9.87. The smallest absolute Gasteiger partial charge is 0.433 e. The van der Waals surface area contributed by atoms with Gasteiger partial charge in [-0.2, -0.15) is 13.2 Å². The van der Waals surface area contributed by atoms with Crippen LogP contribution < -0.4 is 11.1 Å². The van der Waals surface area contributed by atoms with Gasteiger partial charge in [-0.1, -0.05) is 0 Å². The highest BCUT2D eigenvalue weighted by Crippen LogP contribution is 2.30. The summed E-state index contributed by atoms with van der Waals surface area (Å²) in [7, 11) is 0. The highest BCUT2D eigenvalue weighted by Gasteiger charge is 2.32. The minimum absolute atomic E-state index is 0.174. The van der Waals surface area contributed by atoms with Crippen molar-refractivity contribution in [3.63, 3.8) is 0 Å². The molecule has 0 aromatic carbocycles. The second-order valence-corrected chi connectivity index (χ2v) is 3.91. The fourth-order valence-electron chi connectivity index (χ4n) is 1.55. The van der Waals surface area contributed by atoms with Crippen molar-refractivity contribution in [2.45, 2.75) is 12.6 Å². The van der Waals surface area contributed by atoms with Crippen LogP contribution in [-0.2, 0) is 12.6 Å². The molecule has 0 radical (unpaired) electrons. The molecule has 0 aliphatic heterocycles. The highest BCUT2D eigenvalue weighted by molar-refractivity contribution is 5.65. The molecule has 102 valence electrons. The number of hydrogen-bond donors (Lipinski definition) is 2. The van der Waals surface area contributed by atoms with Gasteiger partial charge in [0.15, 0.2) is 0 Å². The van der Waals surface area contributed by atoms with Crippen LogP contribution in [0.25, 0.3) is 0 Å². The molecule has 0 atom stereocenters. The molecule has 2 aromatic rings. The van der Waals surface area contributed by atoms with Crippen molar-refractivity contribution in [3.05, 3.63) is 42.1 Å². The quantitative estimate of drug-likeness (QED) is 0.897. The number of anilines is 2. The molecule has 2 heterocycles. The van der Waals surface area contributed by atoms with E-state index in [1.165, 1.54) is 6.26 Å². The summed E-state index contributed by atoms with van der Waals surface area (Å²) in [6, 6.07) is 4.44. The average Bonchev–Trinajstić information content (AvgIpc) is 2.83. The molecule has 0 spiro atoms. The number of pyridine rings is 1. The summed E-state index contributed by atoms with van der Waals surface area (Å²) < 4.78 is 42.6. The van der Waals surface area contributed by atoms with Crippen molar-refractivity contribution in [1.29, 1.82) is 0 Å². The SMILES string of the molecule is Nc1cnc(C(F)(F)F)cc1NCCc1ccco1. The fourth-order valence-corrected chi connectivity index (χ4v) is 1.55. The molecule has 4 nitrogen and oxygen atoms in total. The Bertz CT molecular complexity index is 538. The lowest BCUT2D eigenvalue weighted by Crippen LogP contribution is -2.12. The van der Waals surface area contributed by atoms with Crippen LogP contribution in [0.4, 0.5) is 24.5 Å². The summed E-state index contributed by atoms with van der Waals surface area (Å²) >= 11 is 0. The van der Waals surface area contributed by atoms with E-state index in [0.717, 1.165) is 18.0 Å². The van der Waals surface area contributed by atoms with E-state index in [-0.39, 0.29) is 11.4 Å². The second-order valence-electron chi connectivity index (χ2n) is 3.91. The van der Waals surface area contributed by atoms with Gasteiger partial charge in [0, 0.05) is 13.0 Å². The van der Waals surface area contributed by atoms with Crippen molar-refractivity contribution < 1.29 is 17.6 Å². The lowest BCUT2D eigenvalue weighted by atomic mass is 10.2. The third kappa shape index (κ3) is 3.40. The second kappa shape index (κ2) is 5.21. The summed E-state index contributed by atoms with van der Waals surface area (Å²) in [5.41, 5.74) is 5.00. The predicted molar refractivity (Wildman–Crippen MR) is 64.6 cm³/mol. The fraction of sp³-hybridized carbons (Fsp3) is 0.250. The number of nitrogen functional groups attached to an aromatic ring is 1. The average molecular weight is 271 g/mol. The maximum Gasteiger partial charge on any atom is 0.433 e. The van der Waals surface area contributed by atoms with Gasteiger partial charge in [-0.15, -0.1) is 0 Å². The standard InChI is InChI=1S/C12H12F3N3O/c13-12(14,15)11-6-10(9(16)7-18-11)17-4-3-8-2-1-5-19-8/h1-2,5-7H,3-4,16H2,(H,17,18). The maximum absolute atomic E-state index is 12.5. The van der Waals surface area contributed by atoms with E-state index in [2.05, 4.69) is 10.3 Å². The molecule has 19 heavy (non-hydrogen) atoms. The Hall–Kier alpha value is -2.18. The summed E-state index contributed by atoms with van der Waals surface area (Å²) in [6.45, 7) is 0.416. The van der Waals surface area contributed by atoms with Gasteiger partial charge in [-0.3, -0.25) is 0 Å². The van der Waals surface area contributed by atoms with Crippen LogP contribution in [0, 0.1) is 0 Å². The topological polar surface area (TPSA) is 64.1 Å². The Kier molecular flexibility index (Phi) is 3.64. The summed E-state index contributed by atoms with van der Waals surface area (Å²) in [5, 5.41) is 2.84. The number of halogens is 3. The summed E-state index contributed by atoms with van der Waals surface area (Å²) in [6.07, 6.45) is -1.39. The van der Waals surface area contributed by atoms with E-state index in [0.29, 0.717) is 13.0 Å². The number of rotatable bonds is 4. The van der Waals surface area contributed by atoms with Gasteiger partial charge in [-0.25, -0.2) is 4.98 Å². The van der Waals surface area contributed by atoms with Crippen LogP contribution in [0.1, 0.15) is 11.5 Å². The molecular weight excluding hydrogens is 259 g/mol. The Morgan fingerprint density at radius 1 is 1.37 bits per heavy atom. The molecule has 0 bridgehead atoms. The molecule has 0 aliphatic carbocycles. The number of alkyl halides is 3. The van der Waals surface area contributed by atoms with Crippen molar-refractivity contribution in [3.8, 4) is 0 Å². The van der Waals surface area contributed by atoms with Gasteiger partial charge in [-0.05, 0) is 18.2 Å². The van der Waals surface area contributed by atoms with Crippen molar-refractivity contribution in [1.82, 2.24) is 4.98 Å². The first-order valence-corrected chi connectivity index (χ1v) is 5.56. The number of hydrogen-bond acceptors (Lipinski definition) is 4. The van der Waals surface area contributed by atoms with Crippen molar-refractivity contribution >= 4 is 11.4 Å². The van der Waals surface area contributed by atoms with E-state index >= 15 is 0 Å². The third-order valence-electron chi connectivity index (χ3n) is 2.49. The molecule has 0 fully saturated rings. The highest BCUT2D eigenvalue weighted by atomic mass is 19.4. The van der Waals surface area contributed by atoms with Gasteiger partial charge < -0.3 is 15.5 Å². The first kappa shape index (κ1) is 13.3. The molecule has 0 saturated carbocycles.